The summed E-state index contributed by atoms with van der Waals surface area (Å²) in [5, 5.41) is 0. The summed E-state index contributed by atoms with van der Waals surface area (Å²) in [6.07, 6.45) is 1.47. The van der Waals surface area contributed by atoms with Crippen molar-refractivity contribution in [2.45, 2.75) is 77.8 Å². The number of alkyl halides is 3. The summed E-state index contributed by atoms with van der Waals surface area (Å²) in [4.78, 5) is 12.7. The van der Waals surface area contributed by atoms with Crippen LogP contribution in [0.5, 0.6) is 0 Å². The largest absolute Gasteiger partial charge is 0.389 e. The van der Waals surface area contributed by atoms with Gasteiger partial charge in [0.2, 0.25) is 0 Å². The van der Waals surface area contributed by atoms with Crippen molar-refractivity contribution in [2.24, 2.45) is 22.2 Å². The van der Waals surface area contributed by atoms with Crippen molar-refractivity contribution in [1.82, 2.24) is 0 Å². The lowest BCUT2D eigenvalue weighted by Gasteiger charge is -2.64. The third kappa shape index (κ3) is 2.87. The molecule has 1 nitrogen and oxygen atoms in total. The molecule has 4 fully saturated rings. The number of hydrogen-bond acceptors (Lipinski definition) is 1. The lowest BCUT2D eigenvalue weighted by Crippen LogP contribution is -2.57. The standard InChI is InChI=1S/C17H25F3O/c1-14-6-12-7-15(2,9-14)11-16(8-12,10-14)13(21)4-3-5-17(18,19)20/h12H,3-11H2,1-2H3. The van der Waals surface area contributed by atoms with Crippen molar-refractivity contribution in [1.29, 1.82) is 0 Å². The molecule has 21 heavy (non-hydrogen) atoms. The second-order valence-electron chi connectivity index (χ2n) is 8.80. The molecule has 0 amide bonds. The van der Waals surface area contributed by atoms with E-state index >= 15 is 0 Å². The highest BCUT2D eigenvalue weighted by molar-refractivity contribution is 5.85. The summed E-state index contributed by atoms with van der Waals surface area (Å²) < 4.78 is 36.8. The third-order valence-corrected chi connectivity index (χ3v) is 6.08. The summed E-state index contributed by atoms with van der Waals surface area (Å²) in [5.41, 5.74) is 0.191. The first-order valence-corrected chi connectivity index (χ1v) is 8.13. The predicted octanol–water partition coefficient (Wildman–Crippen LogP) is 5.28. The van der Waals surface area contributed by atoms with E-state index in [1.807, 2.05) is 0 Å². The molecule has 4 rings (SSSR count). The molecule has 2 unspecified atom stereocenters. The van der Waals surface area contributed by atoms with Gasteiger partial charge in [-0.25, -0.2) is 0 Å². The van der Waals surface area contributed by atoms with Crippen LogP contribution in [0.2, 0.25) is 0 Å². The fourth-order valence-corrected chi connectivity index (χ4v) is 6.47. The highest BCUT2D eigenvalue weighted by atomic mass is 19.4. The molecule has 0 radical (unpaired) electrons. The van der Waals surface area contributed by atoms with Crippen LogP contribution < -0.4 is 0 Å². The average Bonchev–Trinajstić information content (AvgIpc) is 2.21. The molecule has 4 bridgehead atoms. The summed E-state index contributed by atoms with van der Waals surface area (Å²) in [5.74, 6) is 0.733. The lowest BCUT2D eigenvalue weighted by molar-refractivity contribution is -0.169. The van der Waals surface area contributed by atoms with Crippen LogP contribution in [0.25, 0.3) is 0 Å². The van der Waals surface area contributed by atoms with Gasteiger partial charge in [0.1, 0.15) is 5.78 Å². The lowest BCUT2D eigenvalue weighted by atomic mass is 9.39. The minimum absolute atomic E-state index is 0.0395. The van der Waals surface area contributed by atoms with E-state index in [4.69, 9.17) is 0 Å². The summed E-state index contributed by atoms with van der Waals surface area (Å²) >= 11 is 0. The minimum atomic E-state index is -4.14. The van der Waals surface area contributed by atoms with E-state index in [2.05, 4.69) is 13.8 Å². The van der Waals surface area contributed by atoms with Gasteiger partial charge in [0, 0.05) is 18.3 Å². The Balaban J connectivity index is 1.71. The molecule has 4 aliphatic carbocycles. The van der Waals surface area contributed by atoms with Crippen molar-refractivity contribution in [2.75, 3.05) is 0 Å². The van der Waals surface area contributed by atoms with Crippen LogP contribution in [-0.2, 0) is 4.79 Å². The Morgan fingerprint density at radius 3 is 2.10 bits per heavy atom. The van der Waals surface area contributed by atoms with E-state index in [1.54, 1.807) is 0 Å². The Kier molecular flexibility index (Phi) is 3.28. The first kappa shape index (κ1) is 15.4. The Hall–Kier alpha value is -0.540. The fourth-order valence-electron chi connectivity index (χ4n) is 6.47. The van der Waals surface area contributed by atoms with Crippen LogP contribution in [0.4, 0.5) is 13.2 Å². The Morgan fingerprint density at radius 2 is 1.62 bits per heavy atom. The van der Waals surface area contributed by atoms with Gasteiger partial charge in [-0.15, -0.1) is 0 Å². The molecule has 0 aromatic carbocycles. The quantitative estimate of drug-likeness (QED) is 0.690. The maximum absolute atomic E-state index is 12.7. The van der Waals surface area contributed by atoms with Crippen LogP contribution in [0.3, 0.4) is 0 Å². The first-order valence-electron chi connectivity index (χ1n) is 8.13. The molecule has 0 saturated heterocycles. The number of Topliss-reactive ketones (excluding diaryl/α,β-unsaturated/α-hetero) is 1. The number of rotatable bonds is 4. The van der Waals surface area contributed by atoms with E-state index in [9.17, 15) is 18.0 Å². The number of hydrogen-bond donors (Lipinski definition) is 0. The van der Waals surface area contributed by atoms with Crippen LogP contribution in [0.15, 0.2) is 0 Å². The number of ketones is 1. The van der Waals surface area contributed by atoms with Gasteiger partial charge in [0.25, 0.3) is 0 Å². The van der Waals surface area contributed by atoms with Crippen LogP contribution in [0, 0.1) is 22.2 Å². The van der Waals surface area contributed by atoms with Crippen molar-refractivity contribution in [3.8, 4) is 0 Å². The molecule has 0 aromatic rings. The number of carbonyl (C=O) groups excluding carboxylic acids is 1. The van der Waals surface area contributed by atoms with Crippen LogP contribution >= 0.6 is 0 Å². The zero-order valence-corrected chi connectivity index (χ0v) is 13.0. The summed E-state index contributed by atoms with van der Waals surface area (Å²) in [7, 11) is 0. The molecule has 2 atom stereocenters. The molecule has 0 spiro atoms. The van der Waals surface area contributed by atoms with Crippen LogP contribution in [0.1, 0.15) is 71.6 Å². The topological polar surface area (TPSA) is 17.1 Å². The zero-order valence-electron chi connectivity index (χ0n) is 13.0. The minimum Gasteiger partial charge on any atom is -0.299 e. The predicted molar refractivity (Wildman–Crippen MR) is 74.8 cm³/mol. The van der Waals surface area contributed by atoms with E-state index in [-0.39, 0.29) is 34.9 Å². The molecule has 120 valence electrons. The zero-order chi connectivity index (χ0) is 15.5. The van der Waals surface area contributed by atoms with E-state index < -0.39 is 12.6 Å². The molecular weight excluding hydrogens is 277 g/mol. The summed E-state index contributed by atoms with van der Waals surface area (Å²) in [6.45, 7) is 4.57. The maximum Gasteiger partial charge on any atom is 0.389 e. The van der Waals surface area contributed by atoms with Gasteiger partial charge in [-0.05, 0) is 61.7 Å². The molecule has 0 aliphatic heterocycles. The smallest absolute Gasteiger partial charge is 0.299 e. The third-order valence-electron chi connectivity index (χ3n) is 6.08. The first-order chi connectivity index (χ1) is 9.53. The van der Waals surface area contributed by atoms with Crippen molar-refractivity contribution >= 4 is 5.78 Å². The summed E-state index contributed by atoms with van der Waals surface area (Å²) in [6, 6.07) is 0. The van der Waals surface area contributed by atoms with Crippen molar-refractivity contribution < 1.29 is 18.0 Å². The van der Waals surface area contributed by atoms with E-state index in [0.717, 1.165) is 19.3 Å². The molecule has 0 heterocycles. The number of carbonyl (C=O) groups is 1. The fraction of sp³-hybridized carbons (Fsp3) is 0.941. The molecule has 0 aromatic heterocycles. The van der Waals surface area contributed by atoms with Gasteiger partial charge in [0.05, 0.1) is 0 Å². The molecule has 4 heteroatoms. The van der Waals surface area contributed by atoms with Crippen molar-refractivity contribution in [3.63, 3.8) is 0 Å². The second kappa shape index (κ2) is 4.48. The Morgan fingerprint density at radius 1 is 1.05 bits per heavy atom. The maximum atomic E-state index is 12.7. The highest BCUT2D eigenvalue weighted by Crippen LogP contribution is 2.69. The van der Waals surface area contributed by atoms with Gasteiger partial charge in [-0.2, -0.15) is 13.2 Å². The Bertz CT molecular complexity index is 435. The second-order valence-corrected chi connectivity index (χ2v) is 8.80. The van der Waals surface area contributed by atoms with Crippen molar-refractivity contribution in [3.05, 3.63) is 0 Å². The Labute approximate surface area is 124 Å². The van der Waals surface area contributed by atoms with Gasteiger partial charge in [0.15, 0.2) is 0 Å². The molecule has 4 aliphatic rings. The van der Waals surface area contributed by atoms with Gasteiger partial charge < -0.3 is 0 Å². The van der Waals surface area contributed by atoms with E-state index in [1.165, 1.54) is 19.3 Å². The highest BCUT2D eigenvalue weighted by Gasteiger charge is 2.62. The molecular formula is C17H25F3O. The molecule has 0 N–H and O–H groups in total. The number of halogens is 3. The van der Waals surface area contributed by atoms with Gasteiger partial charge >= 0.3 is 6.18 Å². The van der Waals surface area contributed by atoms with E-state index in [0.29, 0.717) is 5.92 Å². The average molecular weight is 302 g/mol. The molecule has 4 saturated carbocycles. The monoisotopic (exact) mass is 302 g/mol. The normalized spacial score (nSPS) is 45.1. The van der Waals surface area contributed by atoms with Gasteiger partial charge in [-0.3, -0.25) is 4.79 Å². The van der Waals surface area contributed by atoms with Gasteiger partial charge in [-0.1, -0.05) is 13.8 Å². The van der Waals surface area contributed by atoms with Crippen LogP contribution in [-0.4, -0.2) is 12.0 Å². The SMILES string of the molecule is CC12CC3CC(C)(C1)CC(C(=O)CCCC(F)(F)F)(C3)C2.